The van der Waals surface area contributed by atoms with E-state index in [2.05, 4.69) is 28.6 Å². The van der Waals surface area contributed by atoms with E-state index in [1.807, 2.05) is 0 Å². The van der Waals surface area contributed by atoms with Crippen LogP contribution in [0.15, 0.2) is 30.3 Å². The second-order valence-corrected chi connectivity index (χ2v) is 8.93. The maximum atomic E-state index is 12.3. The summed E-state index contributed by atoms with van der Waals surface area (Å²) in [6.07, 6.45) is 0.927. The Bertz CT molecular complexity index is 844. The highest BCUT2D eigenvalue weighted by atomic mass is 35.5. The van der Waals surface area contributed by atoms with E-state index >= 15 is 0 Å². The molecule has 1 aromatic heterocycles. The lowest BCUT2D eigenvalue weighted by atomic mass is 10.2. The van der Waals surface area contributed by atoms with Gasteiger partial charge in [0.2, 0.25) is 0 Å². The lowest BCUT2D eigenvalue weighted by Gasteiger charge is -2.10. The van der Waals surface area contributed by atoms with Crippen molar-refractivity contribution in [3.8, 4) is 0 Å². The lowest BCUT2D eigenvalue weighted by molar-refractivity contribution is 0.0948. The Morgan fingerprint density at radius 3 is 2.44 bits per heavy atom. The molecule has 2 aromatic rings. The van der Waals surface area contributed by atoms with Crippen LogP contribution in [-0.2, 0) is 6.54 Å². The summed E-state index contributed by atoms with van der Waals surface area (Å²) in [5.74, 6) is -0.409. The van der Waals surface area contributed by atoms with Crippen LogP contribution in [0.1, 0.15) is 31.3 Å². The third kappa shape index (κ3) is 5.62. The van der Waals surface area contributed by atoms with Gasteiger partial charge in [-0.25, -0.2) is 0 Å². The van der Waals surface area contributed by atoms with E-state index in [9.17, 15) is 9.59 Å². The molecule has 27 heavy (non-hydrogen) atoms. The Labute approximate surface area is 177 Å². The first-order valence-electron chi connectivity index (χ1n) is 8.44. The third-order valence-electron chi connectivity index (χ3n) is 4.20. The summed E-state index contributed by atoms with van der Waals surface area (Å²) < 4.78 is 0. The molecule has 1 saturated heterocycles. The van der Waals surface area contributed by atoms with Gasteiger partial charge in [0.15, 0.2) is 0 Å². The average Bonchev–Trinajstić information content (AvgIpc) is 3.29. The number of hydrogen-bond acceptors (Lipinski definition) is 5. The number of nitrogens with one attached hydrogen (secondary N) is 3. The van der Waals surface area contributed by atoms with Crippen molar-refractivity contribution in [2.45, 2.75) is 24.3 Å². The zero-order valence-electron chi connectivity index (χ0n) is 14.3. The van der Waals surface area contributed by atoms with Gasteiger partial charge in [-0.3, -0.25) is 9.59 Å². The molecule has 9 heteroatoms. The van der Waals surface area contributed by atoms with Gasteiger partial charge >= 0.3 is 0 Å². The number of rotatable bonds is 6. The van der Waals surface area contributed by atoms with Crippen molar-refractivity contribution in [3.05, 3.63) is 55.7 Å². The molecule has 0 saturated carbocycles. The number of benzene rings is 1. The molecule has 3 N–H and O–H groups in total. The normalized spacial score (nSPS) is 19.1. The zero-order valence-corrected chi connectivity index (χ0v) is 17.5. The fourth-order valence-electron chi connectivity index (χ4n) is 2.76. The molecule has 1 fully saturated rings. The van der Waals surface area contributed by atoms with Crippen LogP contribution >= 0.6 is 47.2 Å². The zero-order chi connectivity index (χ0) is 19.4. The highest BCUT2D eigenvalue weighted by molar-refractivity contribution is 7.81. The summed E-state index contributed by atoms with van der Waals surface area (Å²) >= 11 is 17.4. The van der Waals surface area contributed by atoms with Crippen LogP contribution in [0.5, 0.6) is 0 Å². The molecule has 144 valence electrons. The molecular weight excluding hydrogens is 425 g/mol. The second-order valence-electron chi connectivity index (χ2n) is 6.30. The van der Waals surface area contributed by atoms with E-state index in [1.54, 1.807) is 30.3 Å². The van der Waals surface area contributed by atoms with Crippen molar-refractivity contribution >= 4 is 59.0 Å². The molecule has 2 atom stereocenters. The third-order valence-corrected chi connectivity index (χ3v) is 6.41. The highest BCUT2D eigenvalue weighted by Crippen LogP contribution is 2.23. The lowest BCUT2D eigenvalue weighted by Crippen LogP contribution is -2.36. The number of carbonyl (C=O) groups excluding carboxylic acids is 2. The van der Waals surface area contributed by atoms with Crippen molar-refractivity contribution in [2.75, 3.05) is 13.1 Å². The van der Waals surface area contributed by atoms with Crippen molar-refractivity contribution in [1.29, 1.82) is 0 Å². The number of amides is 2. The number of thiophene rings is 1. The van der Waals surface area contributed by atoms with Gasteiger partial charge in [-0.05, 0) is 36.2 Å². The summed E-state index contributed by atoms with van der Waals surface area (Å²) in [5, 5.41) is 10.3. The molecule has 1 aliphatic heterocycles. The number of hydrogen-bond donors (Lipinski definition) is 4. The first kappa shape index (κ1) is 20.5. The van der Waals surface area contributed by atoms with E-state index in [4.69, 9.17) is 23.2 Å². The van der Waals surface area contributed by atoms with Crippen molar-refractivity contribution in [1.82, 2.24) is 16.0 Å². The van der Waals surface area contributed by atoms with Gasteiger partial charge in [0.1, 0.15) is 0 Å². The Hall–Kier alpha value is -1.25. The van der Waals surface area contributed by atoms with Gasteiger partial charge < -0.3 is 16.0 Å². The van der Waals surface area contributed by atoms with Crippen LogP contribution in [0.4, 0.5) is 0 Å². The summed E-state index contributed by atoms with van der Waals surface area (Å²) in [5.41, 5.74) is 0.846. The Morgan fingerprint density at radius 1 is 1.11 bits per heavy atom. The highest BCUT2D eigenvalue weighted by Gasteiger charge is 2.22. The molecule has 3 rings (SSSR count). The summed E-state index contributed by atoms with van der Waals surface area (Å²) in [6.45, 7) is 1.73. The predicted molar refractivity (Wildman–Crippen MR) is 113 cm³/mol. The molecule has 2 amide bonds. The van der Waals surface area contributed by atoms with Crippen LogP contribution in [0.3, 0.4) is 0 Å². The minimum atomic E-state index is -0.236. The second kappa shape index (κ2) is 9.30. The summed E-state index contributed by atoms with van der Waals surface area (Å²) in [7, 11) is 0. The predicted octanol–water partition coefficient (Wildman–Crippen LogP) is 3.38. The van der Waals surface area contributed by atoms with Crippen LogP contribution in [0.2, 0.25) is 10.0 Å². The van der Waals surface area contributed by atoms with E-state index in [1.165, 1.54) is 11.3 Å². The van der Waals surface area contributed by atoms with Crippen LogP contribution < -0.4 is 16.0 Å². The van der Waals surface area contributed by atoms with Crippen molar-refractivity contribution in [2.24, 2.45) is 0 Å². The van der Waals surface area contributed by atoms with E-state index in [-0.39, 0.29) is 17.9 Å². The van der Waals surface area contributed by atoms with E-state index < -0.39 is 0 Å². The van der Waals surface area contributed by atoms with Crippen LogP contribution in [0.25, 0.3) is 0 Å². The van der Waals surface area contributed by atoms with Crippen molar-refractivity contribution < 1.29 is 9.59 Å². The molecule has 0 unspecified atom stereocenters. The average molecular weight is 444 g/mol. The van der Waals surface area contributed by atoms with Gasteiger partial charge in [0.05, 0.1) is 19.8 Å². The molecule has 0 spiro atoms. The molecular formula is C18H19Cl2N3O2S2. The minimum Gasteiger partial charge on any atom is -0.350 e. The van der Waals surface area contributed by atoms with E-state index in [0.29, 0.717) is 38.1 Å². The minimum absolute atomic E-state index is 0.173. The summed E-state index contributed by atoms with van der Waals surface area (Å²) in [4.78, 5) is 25.6. The SMILES string of the molecule is O=C(NCc1ccc(Cl)c(Cl)c1)c1ccc(C(=O)NC[C@@H]2C[C@H](S)CN2)s1. The first-order chi connectivity index (χ1) is 12.9. The van der Waals surface area contributed by atoms with Crippen LogP contribution in [0, 0.1) is 0 Å². The number of carbonyl (C=O) groups is 2. The molecule has 0 radical (unpaired) electrons. The molecule has 5 nitrogen and oxygen atoms in total. The van der Waals surface area contributed by atoms with Gasteiger partial charge in [-0.1, -0.05) is 29.3 Å². The molecule has 0 aliphatic carbocycles. The Balaban J connectivity index is 1.50. The molecule has 2 heterocycles. The molecule has 1 aromatic carbocycles. The van der Waals surface area contributed by atoms with Gasteiger partial charge in [-0.15, -0.1) is 11.3 Å². The quantitative estimate of drug-likeness (QED) is 0.517. The largest absolute Gasteiger partial charge is 0.350 e. The molecule has 0 bridgehead atoms. The fraction of sp³-hybridized carbons (Fsp3) is 0.333. The monoisotopic (exact) mass is 443 g/mol. The maximum absolute atomic E-state index is 12.3. The number of thiol groups is 1. The topological polar surface area (TPSA) is 70.2 Å². The fourth-order valence-corrected chi connectivity index (χ4v) is 4.28. The van der Waals surface area contributed by atoms with Gasteiger partial charge in [-0.2, -0.15) is 12.6 Å². The Kier molecular flexibility index (Phi) is 7.05. The first-order valence-corrected chi connectivity index (χ1v) is 10.5. The van der Waals surface area contributed by atoms with Gasteiger partial charge in [0, 0.05) is 30.9 Å². The summed E-state index contributed by atoms with van der Waals surface area (Å²) in [6, 6.07) is 8.76. The Morgan fingerprint density at radius 2 is 1.81 bits per heavy atom. The maximum Gasteiger partial charge on any atom is 0.261 e. The smallest absolute Gasteiger partial charge is 0.261 e. The van der Waals surface area contributed by atoms with E-state index in [0.717, 1.165) is 18.5 Å². The van der Waals surface area contributed by atoms with Crippen molar-refractivity contribution in [3.63, 3.8) is 0 Å². The number of halogens is 2. The van der Waals surface area contributed by atoms with Gasteiger partial charge in [0.25, 0.3) is 11.8 Å². The standard InChI is InChI=1S/C18H19Cl2N3O2S2/c19-13-2-1-10(5-14(13)20)7-22-17(24)15-3-4-16(27-15)18(25)23-8-11-6-12(26)9-21-11/h1-5,11-12,21,26H,6-9H2,(H,22,24)(H,23,25)/t11-,12-/m0/s1. The molecule has 1 aliphatic rings. The van der Waals surface area contributed by atoms with Crippen LogP contribution in [-0.4, -0.2) is 36.2 Å².